The number of aromatic nitrogens is 1. The molecule has 0 atom stereocenters. The second kappa shape index (κ2) is 5.90. The first-order valence-electron chi connectivity index (χ1n) is 7.09. The van der Waals surface area contributed by atoms with E-state index >= 15 is 0 Å². The van der Waals surface area contributed by atoms with Gasteiger partial charge < -0.3 is 9.30 Å². The Bertz CT molecular complexity index is 851. The Morgan fingerprint density at radius 3 is 2.18 bits per heavy atom. The maximum Gasteiger partial charge on any atom is 0.197 e. The highest BCUT2D eigenvalue weighted by molar-refractivity contribution is 5.72. The van der Waals surface area contributed by atoms with Gasteiger partial charge in [0.1, 0.15) is 5.75 Å². The summed E-state index contributed by atoms with van der Waals surface area (Å²) in [6.07, 6.45) is 3.71. The van der Waals surface area contributed by atoms with E-state index in [2.05, 4.69) is 0 Å². The molecule has 2 aromatic carbocycles. The smallest absolute Gasteiger partial charge is 0.197 e. The van der Waals surface area contributed by atoms with Crippen molar-refractivity contribution in [1.82, 2.24) is 4.57 Å². The molecule has 0 aliphatic heterocycles. The van der Waals surface area contributed by atoms with Gasteiger partial charge in [-0.1, -0.05) is 42.5 Å². The topological polar surface area (TPSA) is 31.2 Å². The van der Waals surface area contributed by atoms with Crippen molar-refractivity contribution in [3.63, 3.8) is 0 Å². The van der Waals surface area contributed by atoms with E-state index in [1.807, 2.05) is 78.6 Å². The highest BCUT2D eigenvalue weighted by Crippen LogP contribution is 2.23. The molecule has 0 aliphatic rings. The van der Waals surface area contributed by atoms with Crippen LogP contribution in [0.15, 0.2) is 71.8 Å². The van der Waals surface area contributed by atoms with Crippen LogP contribution >= 0.6 is 0 Å². The fourth-order valence-corrected chi connectivity index (χ4v) is 2.53. The van der Waals surface area contributed by atoms with E-state index in [-0.39, 0.29) is 5.43 Å². The van der Waals surface area contributed by atoms with Gasteiger partial charge in [0.05, 0.1) is 7.11 Å². The van der Waals surface area contributed by atoms with Gasteiger partial charge in [0.2, 0.25) is 0 Å². The fraction of sp³-hybridized carbons (Fsp3) is 0.105. The Morgan fingerprint density at radius 1 is 0.864 bits per heavy atom. The molecule has 110 valence electrons. The summed E-state index contributed by atoms with van der Waals surface area (Å²) in [5, 5.41) is 0. The van der Waals surface area contributed by atoms with Crippen LogP contribution in [0.25, 0.3) is 22.3 Å². The Labute approximate surface area is 129 Å². The summed E-state index contributed by atoms with van der Waals surface area (Å²) in [6, 6.07) is 17.3. The lowest BCUT2D eigenvalue weighted by atomic mass is 10.0. The highest BCUT2D eigenvalue weighted by Gasteiger charge is 2.11. The summed E-state index contributed by atoms with van der Waals surface area (Å²) < 4.78 is 7.17. The van der Waals surface area contributed by atoms with Gasteiger partial charge in [0.25, 0.3) is 0 Å². The van der Waals surface area contributed by atoms with E-state index in [1.165, 1.54) is 0 Å². The number of nitrogens with zero attached hydrogens (tertiary/aromatic N) is 1. The molecule has 3 heteroatoms. The summed E-state index contributed by atoms with van der Waals surface area (Å²) in [4.78, 5) is 12.9. The van der Waals surface area contributed by atoms with E-state index in [1.54, 1.807) is 7.11 Å². The first kappa shape index (κ1) is 14.1. The van der Waals surface area contributed by atoms with Gasteiger partial charge in [0.15, 0.2) is 5.43 Å². The van der Waals surface area contributed by atoms with Crippen LogP contribution in [-0.2, 0) is 7.05 Å². The van der Waals surface area contributed by atoms with Crippen LogP contribution in [-0.4, -0.2) is 11.7 Å². The molecule has 0 radical (unpaired) electrons. The van der Waals surface area contributed by atoms with Crippen LogP contribution in [0.5, 0.6) is 5.75 Å². The Hall–Kier alpha value is -2.81. The van der Waals surface area contributed by atoms with Gasteiger partial charge in [0, 0.05) is 30.6 Å². The number of hydrogen-bond acceptors (Lipinski definition) is 2. The summed E-state index contributed by atoms with van der Waals surface area (Å²) in [7, 11) is 3.55. The number of hydrogen-bond donors (Lipinski definition) is 0. The third-order valence-electron chi connectivity index (χ3n) is 3.62. The third kappa shape index (κ3) is 2.66. The average Bonchev–Trinajstić information content (AvgIpc) is 2.57. The predicted molar refractivity (Wildman–Crippen MR) is 89.1 cm³/mol. The predicted octanol–water partition coefficient (Wildman–Crippen LogP) is 3.73. The Balaban J connectivity index is 2.21. The van der Waals surface area contributed by atoms with Gasteiger partial charge in [-0.05, 0) is 23.3 Å². The summed E-state index contributed by atoms with van der Waals surface area (Å²) >= 11 is 0. The van der Waals surface area contributed by atoms with E-state index in [0.29, 0.717) is 11.1 Å². The minimum atomic E-state index is 0.0255. The molecule has 3 aromatic rings. The maximum absolute atomic E-state index is 12.9. The molecule has 1 heterocycles. The molecule has 3 nitrogen and oxygen atoms in total. The van der Waals surface area contributed by atoms with Gasteiger partial charge in [-0.25, -0.2) is 0 Å². The second-order valence-corrected chi connectivity index (χ2v) is 5.18. The molecule has 0 spiro atoms. The van der Waals surface area contributed by atoms with Crippen LogP contribution in [0.4, 0.5) is 0 Å². The van der Waals surface area contributed by atoms with Crippen molar-refractivity contribution in [2.75, 3.05) is 7.11 Å². The number of benzene rings is 2. The van der Waals surface area contributed by atoms with Crippen LogP contribution in [0.3, 0.4) is 0 Å². The minimum absolute atomic E-state index is 0.0255. The fourth-order valence-electron chi connectivity index (χ4n) is 2.53. The lowest BCUT2D eigenvalue weighted by Gasteiger charge is -2.10. The molecule has 3 rings (SSSR count). The molecule has 0 saturated carbocycles. The van der Waals surface area contributed by atoms with E-state index in [0.717, 1.165) is 16.9 Å². The second-order valence-electron chi connectivity index (χ2n) is 5.18. The van der Waals surface area contributed by atoms with Crippen molar-refractivity contribution in [3.8, 4) is 28.0 Å². The molecule has 0 saturated heterocycles. The van der Waals surface area contributed by atoms with Gasteiger partial charge in [-0.2, -0.15) is 0 Å². The lowest BCUT2D eigenvalue weighted by Crippen LogP contribution is -2.11. The summed E-state index contributed by atoms with van der Waals surface area (Å²) in [5.41, 5.74) is 3.18. The molecule has 0 bridgehead atoms. The van der Waals surface area contributed by atoms with E-state index < -0.39 is 0 Å². The van der Waals surface area contributed by atoms with Gasteiger partial charge >= 0.3 is 0 Å². The lowest BCUT2D eigenvalue weighted by molar-refractivity contribution is 0.415. The van der Waals surface area contributed by atoms with E-state index in [9.17, 15) is 4.79 Å². The zero-order valence-corrected chi connectivity index (χ0v) is 12.6. The largest absolute Gasteiger partial charge is 0.497 e. The Morgan fingerprint density at radius 2 is 1.50 bits per heavy atom. The molecule has 1 aromatic heterocycles. The zero-order valence-electron chi connectivity index (χ0n) is 12.6. The number of ether oxygens (including phenoxy) is 1. The maximum atomic E-state index is 12.9. The monoisotopic (exact) mass is 291 g/mol. The van der Waals surface area contributed by atoms with Crippen LogP contribution in [0.2, 0.25) is 0 Å². The molecule has 0 aliphatic carbocycles. The average molecular weight is 291 g/mol. The van der Waals surface area contributed by atoms with Crippen molar-refractivity contribution in [2.24, 2.45) is 7.05 Å². The van der Waals surface area contributed by atoms with Crippen LogP contribution in [0.1, 0.15) is 0 Å². The SMILES string of the molecule is COc1cccc(-c2cn(C)cc(-c3ccccc3)c2=O)c1. The molecule has 0 amide bonds. The van der Waals surface area contributed by atoms with Gasteiger partial charge in [-0.3, -0.25) is 4.79 Å². The van der Waals surface area contributed by atoms with Crippen LogP contribution in [0, 0.1) is 0 Å². The van der Waals surface area contributed by atoms with Crippen molar-refractivity contribution in [1.29, 1.82) is 0 Å². The number of methoxy groups -OCH3 is 1. The Kier molecular flexibility index (Phi) is 3.79. The number of pyridine rings is 1. The molecule has 22 heavy (non-hydrogen) atoms. The molecule has 0 fully saturated rings. The summed E-state index contributed by atoms with van der Waals surface area (Å²) in [6.45, 7) is 0. The molecule has 0 unspecified atom stereocenters. The number of rotatable bonds is 3. The molecule has 0 N–H and O–H groups in total. The van der Waals surface area contributed by atoms with Crippen molar-refractivity contribution >= 4 is 0 Å². The zero-order chi connectivity index (χ0) is 15.5. The van der Waals surface area contributed by atoms with Crippen molar-refractivity contribution in [3.05, 3.63) is 77.2 Å². The van der Waals surface area contributed by atoms with Crippen molar-refractivity contribution in [2.45, 2.75) is 0 Å². The highest BCUT2D eigenvalue weighted by atomic mass is 16.5. The minimum Gasteiger partial charge on any atom is -0.497 e. The first-order chi connectivity index (χ1) is 10.7. The summed E-state index contributed by atoms with van der Waals surface area (Å²) in [5.74, 6) is 0.740. The quantitative estimate of drug-likeness (QED) is 0.736. The molecular weight excluding hydrogens is 274 g/mol. The third-order valence-corrected chi connectivity index (χ3v) is 3.62. The van der Waals surface area contributed by atoms with Gasteiger partial charge in [-0.15, -0.1) is 0 Å². The normalized spacial score (nSPS) is 10.5. The van der Waals surface area contributed by atoms with Crippen molar-refractivity contribution < 1.29 is 4.74 Å². The first-order valence-corrected chi connectivity index (χ1v) is 7.09. The molecular formula is C19H17NO2. The number of aryl methyl sites for hydroxylation is 1. The van der Waals surface area contributed by atoms with Crippen LogP contribution < -0.4 is 10.2 Å². The van der Waals surface area contributed by atoms with E-state index in [4.69, 9.17) is 4.74 Å². The standard InChI is InChI=1S/C19H17NO2/c1-20-12-17(14-7-4-3-5-8-14)19(21)18(13-20)15-9-6-10-16(11-15)22-2/h3-13H,1-2H3.